The number of ether oxygens (including phenoxy) is 1. The molecule has 0 spiro atoms. The van der Waals surface area contributed by atoms with E-state index in [9.17, 15) is 4.79 Å². The summed E-state index contributed by atoms with van der Waals surface area (Å²) in [6.07, 6.45) is 0.0982. The van der Waals surface area contributed by atoms with E-state index in [4.69, 9.17) is 4.74 Å². The van der Waals surface area contributed by atoms with Crippen molar-refractivity contribution in [2.75, 3.05) is 40.8 Å². The van der Waals surface area contributed by atoms with E-state index >= 15 is 0 Å². The smallest absolute Gasteiger partial charge is 0.236 e. The van der Waals surface area contributed by atoms with Crippen LogP contribution in [0.25, 0.3) is 0 Å². The van der Waals surface area contributed by atoms with Gasteiger partial charge in [0, 0.05) is 20.2 Å². The van der Waals surface area contributed by atoms with Crippen molar-refractivity contribution >= 4 is 5.91 Å². The van der Waals surface area contributed by atoms with Crippen LogP contribution in [0.15, 0.2) is 0 Å². The molecule has 1 unspecified atom stereocenters. The summed E-state index contributed by atoms with van der Waals surface area (Å²) in [5.74, 6) is 0.154. The molecule has 0 aromatic carbocycles. The zero-order valence-corrected chi connectivity index (χ0v) is 9.91. The monoisotopic (exact) mass is 202 g/mol. The number of carbonyl (C=O) groups is 1. The minimum absolute atomic E-state index is 0.0982. The molecule has 0 aliphatic heterocycles. The van der Waals surface area contributed by atoms with Crippen LogP contribution >= 0.6 is 0 Å². The third-order valence-electron chi connectivity index (χ3n) is 2.07. The van der Waals surface area contributed by atoms with Crippen molar-refractivity contribution in [3.63, 3.8) is 0 Å². The van der Waals surface area contributed by atoms with E-state index in [0.29, 0.717) is 13.1 Å². The zero-order valence-electron chi connectivity index (χ0n) is 9.91. The molecule has 4 heteroatoms. The first-order valence-corrected chi connectivity index (χ1v) is 4.96. The Labute approximate surface area is 86.8 Å². The summed E-state index contributed by atoms with van der Waals surface area (Å²) in [5.41, 5.74) is 0. The number of likely N-dealkylation sites (N-methyl/N-ethyl adjacent to an activating group) is 2. The Morgan fingerprint density at radius 3 is 2.36 bits per heavy atom. The van der Waals surface area contributed by atoms with Gasteiger partial charge in [-0.25, -0.2) is 0 Å². The van der Waals surface area contributed by atoms with E-state index in [1.807, 2.05) is 37.7 Å². The maximum absolute atomic E-state index is 11.7. The lowest BCUT2D eigenvalue weighted by molar-refractivity contribution is -0.133. The third kappa shape index (κ3) is 5.19. The fourth-order valence-electron chi connectivity index (χ4n) is 1.16. The standard InChI is InChI=1S/C10H22N2O2/c1-6-12(7-9(2)14-5)10(13)8-11(3)4/h9H,6-8H2,1-5H3. The molecule has 0 aliphatic rings. The van der Waals surface area contributed by atoms with E-state index in [1.165, 1.54) is 0 Å². The number of amides is 1. The van der Waals surface area contributed by atoms with Gasteiger partial charge in [-0.1, -0.05) is 0 Å². The number of hydrogen-bond acceptors (Lipinski definition) is 3. The van der Waals surface area contributed by atoms with Crippen LogP contribution in [0.3, 0.4) is 0 Å². The normalized spacial score (nSPS) is 13.0. The molecule has 0 aliphatic carbocycles. The highest BCUT2D eigenvalue weighted by Crippen LogP contribution is 1.97. The number of nitrogens with zero attached hydrogens (tertiary/aromatic N) is 2. The van der Waals surface area contributed by atoms with E-state index < -0.39 is 0 Å². The predicted molar refractivity (Wildman–Crippen MR) is 57.3 cm³/mol. The average Bonchev–Trinajstić information content (AvgIpc) is 2.12. The molecular formula is C10H22N2O2. The van der Waals surface area contributed by atoms with Crippen LogP contribution in [0, 0.1) is 0 Å². The van der Waals surface area contributed by atoms with Gasteiger partial charge in [0.05, 0.1) is 12.6 Å². The van der Waals surface area contributed by atoms with Crippen LogP contribution < -0.4 is 0 Å². The Balaban J connectivity index is 4.05. The van der Waals surface area contributed by atoms with Crippen molar-refractivity contribution in [1.82, 2.24) is 9.80 Å². The first-order valence-electron chi connectivity index (χ1n) is 4.96. The topological polar surface area (TPSA) is 32.8 Å². The fourth-order valence-corrected chi connectivity index (χ4v) is 1.16. The van der Waals surface area contributed by atoms with Gasteiger partial charge in [-0.2, -0.15) is 0 Å². The van der Waals surface area contributed by atoms with Gasteiger partial charge < -0.3 is 14.5 Å². The quantitative estimate of drug-likeness (QED) is 0.626. The zero-order chi connectivity index (χ0) is 11.1. The summed E-state index contributed by atoms with van der Waals surface area (Å²) in [5, 5.41) is 0. The molecule has 4 nitrogen and oxygen atoms in total. The Morgan fingerprint density at radius 2 is 2.00 bits per heavy atom. The third-order valence-corrected chi connectivity index (χ3v) is 2.07. The van der Waals surface area contributed by atoms with Crippen molar-refractivity contribution < 1.29 is 9.53 Å². The molecule has 0 rings (SSSR count). The molecule has 0 radical (unpaired) electrons. The summed E-state index contributed by atoms with van der Waals surface area (Å²) in [7, 11) is 5.45. The van der Waals surface area contributed by atoms with Crippen LogP contribution in [0.4, 0.5) is 0 Å². The van der Waals surface area contributed by atoms with Gasteiger partial charge in [-0.05, 0) is 27.9 Å². The molecule has 0 saturated heterocycles. The highest BCUT2D eigenvalue weighted by atomic mass is 16.5. The van der Waals surface area contributed by atoms with Crippen molar-refractivity contribution in [3.05, 3.63) is 0 Å². The predicted octanol–water partition coefficient (Wildman–Crippen LogP) is 0.431. The second-order valence-electron chi connectivity index (χ2n) is 3.72. The Hall–Kier alpha value is -0.610. The number of rotatable bonds is 6. The lowest BCUT2D eigenvalue weighted by atomic mass is 10.3. The van der Waals surface area contributed by atoms with Crippen LogP contribution in [0.1, 0.15) is 13.8 Å². The molecule has 0 heterocycles. The largest absolute Gasteiger partial charge is 0.380 e. The second-order valence-corrected chi connectivity index (χ2v) is 3.72. The second kappa shape index (κ2) is 6.79. The van der Waals surface area contributed by atoms with Gasteiger partial charge in [0.2, 0.25) is 5.91 Å². The van der Waals surface area contributed by atoms with E-state index in [0.717, 1.165) is 6.54 Å². The van der Waals surface area contributed by atoms with E-state index in [1.54, 1.807) is 7.11 Å². The van der Waals surface area contributed by atoms with Gasteiger partial charge in [0.1, 0.15) is 0 Å². The molecule has 0 aromatic heterocycles. The van der Waals surface area contributed by atoms with Crippen LogP contribution in [0.2, 0.25) is 0 Å². The molecule has 0 aromatic rings. The van der Waals surface area contributed by atoms with Crippen LogP contribution in [-0.2, 0) is 9.53 Å². The lowest BCUT2D eigenvalue weighted by Gasteiger charge is -2.25. The first kappa shape index (κ1) is 13.4. The highest BCUT2D eigenvalue weighted by molar-refractivity contribution is 5.78. The SMILES string of the molecule is CCN(CC(C)OC)C(=O)CN(C)C. The van der Waals surface area contributed by atoms with Gasteiger partial charge >= 0.3 is 0 Å². The summed E-state index contributed by atoms with van der Waals surface area (Å²) >= 11 is 0. The van der Waals surface area contributed by atoms with Crippen LogP contribution in [0.5, 0.6) is 0 Å². The van der Waals surface area contributed by atoms with Crippen molar-refractivity contribution in [2.45, 2.75) is 20.0 Å². The molecule has 0 saturated carbocycles. The molecule has 0 N–H and O–H groups in total. The van der Waals surface area contributed by atoms with Crippen molar-refractivity contribution in [3.8, 4) is 0 Å². The van der Waals surface area contributed by atoms with E-state index in [2.05, 4.69) is 0 Å². The highest BCUT2D eigenvalue weighted by Gasteiger charge is 2.14. The lowest BCUT2D eigenvalue weighted by Crippen LogP contribution is -2.41. The van der Waals surface area contributed by atoms with Crippen molar-refractivity contribution in [2.24, 2.45) is 0 Å². The Morgan fingerprint density at radius 1 is 1.43 bits per heavy atom. The van der Waals surface area contributed by atoms with Gasteiger partial charge in [-0.3, -0.25) is 4.79 Å². The van der Waals surface area contributed by atoms with Crippen molar-refractivity contribution in [1.29, 1.82) is 0 Å². The van der Waals surface area contributed by atoms with Gasteiger partial charge in [0.15, 0.2) is 0 Å². The molecule has 1 atom stereocenters. The molecule has 0 fully saturated rings. The average molecular weight is 202 g/mol. The summed E-state index contributed by atoms with van der Waals surface area (Å²) in [4.78, 5) is 15.4. The molecule has 0 bridgehead atoms. The summed E-state index contributed by atoms with van der Waals surface area (Å²) < 4.78 is 5.13. The first-order chi connectivity index (χ1) is 6.51. The summed E-state index contributed by atoms with van der Waals surface area (Å²) in [6, 6.07) is 0. The minimum Gasteiger partial charge on any atom is -0.380 e. The molecule has 14 heavy (non-hydrogen) atoms. The number of hydrogen-bond donors (Lipinski definition) is 0. The minimum atomic E-state index is 0.0982. The fraction of sp³-hybridized carbons (Fsp3) is 0.900. The molecular weight excluding hydrogens is 180 g/mol. The van der Waals surface area contributed by atoms with E-state index in [-0.39, 0.29) is 12.0 Å². The Kier molecular flexibility index (Phi) is 6.49. The Bertz CT molecular complexity index is 172. The van der Waals surface area contributed by atoms with Gasteiger partial charge in [0.25, 0.3) is 0 Å². The molecule has 1 amide bonds. The maximum Gasteiger partial charge on any atom is 0.236 e. The summed E-state index contributed by atoms with van der Waals surface area (Å²) in [6.45, 7) is 5.81. The number of carbonyl (C=O) groups excluding carboxylic acids is 1. The number of methoxy groups -OCH3 is 1. The maximum atomic E-state index is 11.7. The van der Waals surface area contributed by atoms with Gasteiger partial charge in [-0.15, -0.1) is 0 Å². The van der Waals surface area contributed by atoms with Crippen LogP contribution in [-0.4, -0.2) is 62.7 Å². The molecule has 84 valence electrons.